The Hall–Kier alpha value is -2.95. The molecule has 1 atom stereocenters. The Bertz CT molecular complexity index is 1040. The molecule has 1 amide bonds. The number of H-pyrrole nitrogens is 1. The van der Waals surface area contributed by atoms with Gasteiger partial charge < -0.3 is 19.8 Å². The third-order valence-corrected chi connectivity index (χ3v) is 5.45. The number of carbonyl (C=O) groups is 1. The van der Waals surface area contributed by atoms with Gasteiger partial charge in [0.25, 0.3) is 5.91 Å². The van der Waals surface area contributed by atoms with Crippen LogP contribution < -0.4 is 14.8 Å². The highest BCUT2D eigenvalue weighted by Crippen LogP contribution is 2.34. The molecule has 1 aliphatic rings. The van der Waals surface area contributed by atoms with Crippen molar-refractivity contribution in [3.05, 3.63) is 58.8 Å². The van der Waals surface area contributed by atoms with E-state index in [9.17, 15) is 4.79 Å². The van der Waals surface area contributed by atoms with E-state index in [0.717, 1.165) is 33.7 Å². The van der Waals surface area contributed by atoms with Gasteiger partial charge in [0.05, 0.1) is 6.04 Å². The number of ether oxygens (including phenoxy) is 2. The summed E-state index contributed by atoms with van der Waals surface area (Å²) in [5.74, 6) is 1.65. The van der Waals surface area contributed by atoms with Crippen molar-refractivity contribution in [1.82, 2.24) is 10.3 Å². The van der Waals surface area contributed by atoms with Crippen LogP contribution in [0.1, 0.15) is 47.1 Å². The van der Waals surface area contributed by atoms with Crippen LogP contribution in [0, 0.1) is 19.8 Å². The molecule has 0 saturated heterocycles. The zero-order valence-electron chi connectivity index (χ0n) is 16.8. The minimum absolute atomic E-state index is 0.0752. The molecule has 0 radical (unpaired) electrons. The molecule has 0 bridgehead atoms. The van der Waals surface area contributed by atoms with Gasteiger partial charge >= 0.3 is 0 Å². The molecular formula is C23H26N2O3. The highest BCUT2D eigenvalue weighted by molar-refractivity contribution is 5.99. The van der Waals surface area contributed by atoms with E-state index in [1.807, 2.05) is 43.3 Å². The monoisotopic (exact) mass is 378 g/mol. The molecule has 0 spiro atoms. The van der Waals surface area contributed by atoms with Gasteiger partial charge in [0, 0.05) is 22.2 Å². The van der Waals surface area contributed by atoms with Crippen LogP contribution in [-0.4, -0.2) is 24.1 Å². The Balaban J connectivity index is 1.61. The van der Waals surface area contributed by atoms with E-state index in [1.165, 1.54) is 5.56 Å². The lowest BCUT2D eigenvalue weighted by Gasteiger charge is -2.25. The minimum Gasteiger partial charge on any atom is -0.486 e. The number of aryl methyl sites for hydroxylation is 2. The first-order valence-corrected chi connectivity index (χ1v) is 9.73. The minimum atomic E-state index is -0.118. The number of rotatable bonds is 4. The molecule has 1 aliphatic heterocycles. The van der Waals surface area contributed by atoms with Crippen molar-refractivity contribution in [2.45, 2.75) is 33.7 Å². The summed E-state index contributed by atoms with van der Waals surface area (Å²) >= 11 is 0. The van der Waals surface area contributed by atoms with Gasteiger partial charge in [0.2, 0.25) is 0 Å². The summed E-state index contributed by atoms with van der Waals surface area (Å²) in [6, 6.07) is 11.6. The smallest absolute Gasteiger partial charge is 0.251 e. The summed E-state index contributed by atoms with van der Waals surface area (Å²) in [6.07, 6.45) is 0. The molecule has 5 nitrogen and oxygen atoms in total. The van der Waals surface area contributed by atoms with E-state index < -0.39 is 0 Å². The van der Waals surface area contributed by atoms with Crippen molar-refractivity contribution in [3.63, 3.8) is 0 Å². The number of nitrogens with one attached hydrogen (secondary N) is 2. The molecule has 2 heterocycles. The fraction of sp³-hybridized carbons (Fsp3) is 0.348. The summed E-state index contributed by atoms with van der Waals surface area (Å²) in [6.45, 7) is 9.44. The summed E-state index contributed by atoms with van der Waals surface area (Å²) in [7, 11) is 0. The summed E-state index contributed by atoms with van der Waals surface area (Å²) in [5, 5.41) is 4.29. The largest absolute Gasteiger partial charge is 0.486 e. The molecule has 5 heteroatoms. The maximum atomic E-state index is 13.0. The summed E-state index contributed by atoms with van der Waals surface area (Å²) in [5.41, 5.74) is 5.04. The number of fused-ring (bicyclic) bond motifs is 2. The topological polar surface area (TPSA) is 63.4 Å². The van der Waals surface area contributed by atoms with Crippen molar-refractivity contribution in [2.75, 3.05) is 13.2 Å². The summed E-state index contributed by atoms with van der Waals surface area (Å²) < 4.78 is 11.3. The van der Waals surface area contributed by atoms with Crippen molar-refractivity contribution in [2.24, 2.45) is 5.92 Å². The van der Waals surface area contributed by atoms with Gasteiger partial charge in [-0.2, -0.15) is 0 Å². The van der Waals surface area contributed by atoms with Gasteiger partial charge in [-0.15, -0.1) is 0 Å². The van der Waals surface area contributed by atoms with E-state index in [2.05, 4.69) is 31.1 Å². The summed E-state index contributed by atoms with van der Waals surface area (Å²) in [4.78, 5) is 16.4. The first-order chi connectivity index (χ1) is 13.4. The van der Waals surface area contributed by atoms with E-state index >= 15 is 0 Å². The standard InChI is InChI=1S/C23H26N2O3/c1-13(2)22(16-6-8-20-21(12-16)28-10-9-27-20)25-23(26)17-5-7-19-18(11-17)14(3)15(4)24-19/h5-8,11-13,22,24H,9-10H2,1-4H3,(H,25,26). The van der Waals surface area contributed by atoms with Crippen LogP contribution in [-0.2, 0) is 0 Å². The first-order valence-electron chi connectivity index (χ1n) is 9.73. The predicted molar refractivity (Wildman–Crippen MR) is 110 cm³/mol. The third kappa shape index (κ3) is 3.33. The number of hydrogen-bond donors (Lipinski definition) is 2. The molecule has 2 N–H and O–H groups in total. The Morgan fingerprint density at radius 3 is 2.54 bits per heavy atom. The lowest BCUT2D eigenvalue weighted by molar-refractivity contribution is 0.0925. The van der Waals surface area contributed by atoms with Crippen LogP contribution in [0.5, 0.6) is 11.5 Å². The fourth-order valence-electron chi connectivity index (χ4n) is 3.72. The molecule has 3 aromatic rings. The van der Waals surface area contributed by atoms with E-state index in [1.54, 1.807) is 0 Å². The first kappa shape index (κ1) is 18.4. The number of hydrogen-bond acceptors (Lipinski definition) is 3. The number of aromatic amines is 1. The van der Waals surface area contributed by atoms with Crippen molar-refractivity contribution < 1.29 is 14.3 Å². The number of amides is 1. The molecule has 2 aromatic carbocycles. The molecule has 1 unspecified atom stereocenters. The van der Waals surface area contributed by atoms with Crippen LogP contribution >= 0.6 is 0 Å². The van der Waals surface area contributed by atoms with Gasteiger partial charge in [0.15, 0.2) is 11.5 Å². The highest BCUT2D eigenvalue weighted by Gasteiger charge is 2.22. The van der Waals surface area contributed by atoms with Crippen molar-refractivity contribution >= 4 is 16.8 Å². The normalized spacial score (nSPS) is 14.3. The van der Waals surface area contributed by atoms with Crippen LogP contribution in [0.15, 0.2) is 36.4 Å². The van der Waals surface area contributed by atoms with Gasteiger partial charge in [-0.25, -0.2) is 0 Å². The quantitative estimate of drug-likeness (QED) is 0.693. The van der Waals surface area contributed by atoms with Gasteiger partial charge in [-0.3, -0.25) is 4.79 Å². The molecule has 0 aliphatic carbocycles. The van der Waals surface area contributed by atoms with Crippen molar-refractivity contribution in [3.8, 4) is 11.5 Å². The molecule has 4 rings (SSSR count). The molecule has 28 heavy (non-hydrogen) atoms. The SMILES string of the molecule is Cc1[nH]c2ccc(C(=O)NC(c3ccc4c(c3)OCCO4)C(C)C)cc2c1C. The number of carbonyl (C=O) groups excluding carboxylic acids is 1. The van der Waals surface area contributed by atoms with Crippen LogP contribution in [0.4, 0.5) is 0 Å². The Morgan fingerprint density at radius 2 is 1.79 bits per heavy atom. The second kappa shape index (κ2) is 7.23. The zero-order valence-corrected chi connectivity index (χ0v) is 16.8. The molecule has 0 saturated carbocycles. The average Bonchev–Trinajstić information content (AvgIpc) is 2.98. The molecular weight excluding hydrogens is 352 g/mol. The third-order valence-electron chi connectivity index (χ3n) is 5.45. The maximum Gasteiger partial charge on any atom is 0.251 e. The lowest BCUT2D eigenvalue weighted by Crippen LogP contribution is -2.31. The molecule has 1 aromatic heterocycles. The maximum absolute atomic E-state index is 13.0. The fourth-order valence-corrected chi connectivity index (χ4v) is 3.72. The lowest BCUT2D eigenvalue weighted by atomic mass is 9.95. The predicted octanol–water partition coefficient (Wildman–Crippen LogP) is 4.68. The van der Waals surface area contributed by atoms with Gasteiger partial charge in [-0.1, -0.05) is 19.9 Å². The second-order valence-corrected chi connectivity index (χ2v) is 7.73. The van der Waals surface area contributed by atoms with E-state index in [4.69, 9.17) is 9.47 Å². The molecule has 146 valence electrons. The Morgan fingerprint density at radius 1 is 1.04 bits per heavy atom. The van der Waals surface area contributed by atoms with E-state index in [-0.39, 0.29) is 17.9 Å². The van der Waals surface area contributed by atoms with Crippen LogP contribution in [0.3, 0.4) is 0 Å². The van der Waals surface area contributed by atoms with Gasteiger partial charge in [0.1, 0.15) is 13.2 Å². The average molecular weight is 378 g/mol. The zero-order chi connectivity index (χ0) is 19.8. The highest BCUT2D eigenvalue weighted by atomic mass is 16.6. The Labute approximate surface area is 165 Å². The van der Waals surface area contributed by atoms with Crippen LogP contribution in [0.2, 0.25) is 0 Å². The van der Waals surface area contributed by atoms with Gasteiger partial charge in [-0.05, 0) is 61.2 Å². The number of benzene rings is 2. The Kier molecular flexibility index (Phi) is 4.75. The second-order valence-electron chi connectivity index (χ2n) is 7.73. The number of aromatic nitrogens is 1. The van der Waals surface area contributed by atoms with E-state index in [0.29, 0.717) is 18.8 Å². The van der Waals surface area contributed by atoms with Crippen molar-refractivity contribution in [1.29, 1.82) is 0 Å². The molecule has 0 fully saturated rings. The van der Waals surface area contributed by atoms with Crippen LogP contribution in [0.25, 0.3) is 10.9 Å².